The lowest BCUT2D eigenvalue weighted by atomic mass is 10.1. The van der Waals surface area contributed by atoms with Crippen LogP contribution in [-0.4, -0.2) is 61.6 Å². The van der Waals surface area contributed by atoms with Gasteiger partial charge in [0, 0.05) is 48.9 Å². The molecule has 0 spiro atoms. The van der Waals surface area contributed by atoms with Gasteiger partial charge in [-0.3, -0.25) is 4.98 Å². The molecule has 8 heteroatoms. The number of carbonyl (C=O) groups is 1. The number of carbonyl (C=O) groups excluding carboxylic acids is 1. The van der Waals surface area contributed by atoms with Crippen molar-refractivity contribution in [2.24, 2.45) is 5.73 Å². The molecule has 31 heavy (non-hydrogen) atoms. The quantitative estimate of drug-likeness (QED) is 0.695. The number of nitrogens with two attached hydrogens (primary N) is 1. The number of hydrogen-bond donors (Lipinski definition) is 1. The second-order valence-electron chi connectivity index (χ2n) is 7.84. The third-order valence-electron chi connectivity index (χ3n) is 5.85. The van der Waals surface area contributed by atoms with E-state index in [1.54, 1.807) is 6.20 Å². The lowest BCUT2D eigenvalue weighted by Gasteiger charge is -2.29. The van der Waals surface area contributed by atoms with E-state index >= 15 is 0 Å². The average molecular weight is 419 g/mol. The van der Waals surface area contributed by atoms with Crippen LogP contribution in [0, 0.1) is 0 Å². The minimum Gasteiger partial charge on any atom is -0.444 e. The molecule has 160 valence electrons. The highest BCUT2D eigenvalue weighted by molar-refractivity contribution is 5.92. The number of primary amides is 1. The van der Waals surface area contributed by atoms with Crippen LogP contribution >= 0.6 is 0 Å². The molecule has 1 aromatic carbocycles. The van der Waals surface area contributed by atoms with Gasteiger partial charge in [-0.15, -0.1) is 0 Å². The molecular weight excluding hydrogens is 394 g/mol. The Bertz CT molecular complexity index is 1080. The Morgan fingerprint density at radius 1 is 1.10 bits per heavy atom. The summed E-state index contributed by atoms with van der Waals surface area (Å²) in [7, 11) is 0. The fourth-order valence-corrected chi connectivity index (χ4v) is 4.29. The molecule has 1 unspecified atom stereocenters. The number of hydrogen-bond acceptors (Lipinski definition) is 7. The second-order valence-corrected chi connectivity index (χ2v) is 7.84. The molecule has 2 aliphatic heterocycles. The van der Waals surface area contributed by atoms with Gasteiger partial charge in [-0.25, -0.2) is 9.78 Å². The highest BCUT2D eigenvalue weighted by Crippen LogP contribution is 2.32. The highest BCUT2D eigenvalue weighted by Gasteiger charge is 2.27. The van der Waals surface area contributed by atoms with Crippen molar-refractivity contribution in [3.8, 4) is 11.3 Å². The molecule has 2 N–H and O–H groups in total. The molecule has 0 aliphatic carbocycles. The van der Waals surface area contributed by atoms with Crippen molar-refractivity contribution in [3.63, 3.8) is 0 Å². The van der Waals surface area contributed by atoms with Crippen LogP contribution in [0.4, 0.5) is 16.3 Å². The molecule has 2 saturated heterocycles. The molecule has 1 amide bonds. The molecule has 2 fully saturated rings. The van der Waals surface area contributed by atoms with Crippen LogP contribution in [0.15, 0.2) is 48.7 Å². The number of rotatable bonds is 4. The summed E-state index contributed by atoms with van der Waals surface area (Å²) in [4.78, 5) is 25.2. The van der Waals surface area contributed by atoms with E-state index in [0.29, 0.717) is 6.54 Å². The van der Waals surface area contributed by atoms with E-state index in [0.717, 1.165) is 67.2 Å². The standard InChI is InChI=1S/C23H25N5O3/c24-23(29)31-18-7-9-28(15-18)22-19-2-1-8-25-21(19)14-20(26-22)16-3-5-17(6-4-16)27-10-12-30-13-11-27/h1-6,8,14,18H,7,9-13,15H2,(H2,24,29). The predicted octanol–water partition coefficient (Wildman–Crippen LogP) is 2.81. The number of morpholine rings is 1. The Morgan fingerprint density at radius 3 is 2.68 bits per heavy atom. The molecule has 3 aromatic rings. The SMILES string of the molecule is NC(=O)OC1CCN(c2nc(-c3ccc(N4CCOCC4)cc3)cc3ncccc23)C1. The zero-order valence-electron chi connectivity index (χ0n) is 17.2. The Morgan fingerprint density at radius 2 is 1.90 bits per heavy atom. The maximum atomic E-state index is 11.1. The molecule has 0 saturated carbocycles. The van der Waals surface area contributed by atoms with Crippen LogP contribution in [0.3, 0.4) is 0 Å². The van der Waals surface area contributed by atoms with Crippen molar-refractivity contribution >= 4 is 28.5 Å². The minimum atomic E-state index is -0.736. The van der Waals surface area contributed by atoms with Gasteiger partial charge in [0.05, 0.1) is 31.0 Å². The second kappa shape index (κ2) is 8.39. The molecule has 1 atom stereocenters. The summed E-state index contributed by atoms with van der Waals surface area (Å²) in [5.74, 6) is 0.855. The molecule has 2 aliphatic rings. The molecule has 0 radical (unpaired) electrons. The van der Waals surface area contributed by atoms with E-state index in [2.05, 4.69) is 39.0 Å². The number of aromatic nitrogens is 2. The van der Waals surface area contributed by atoms with E-state index in [-0.39, 0.29) is 6.10 Å². The lowest BCUT2D eigenvalue weighted by molar-refractivity contribution is 0.117. The first-order valence-electron chi connectivity index (χ1n) is 10.6. The number of anilines is 2. The highest BCUT2D eigenvalue weighted by atomic mass is 16.6. The first-order valence-corrected chi connectivity index (χ1v) is 10.6. The van der Waals surface area contributed by atoms with E-state index in [9.17, 15) is 4.79 Å². The van der Waals surface area contributed by atoms with Crippen LogP contribution in [0.25, 0.3) is 22.2 Å². The van der Waals surface area contributed by atoms with Crippen LogP contribution in [-0.2, 0) is 9.47 Å². The molecule has 5 rings (SSSR count). The van der Waals surface area contributed by atoms with Crippen molar-refractivity contribution in [2.45, 2.75) is 12.5 Å². The summed E-state index contributed by atoms with van der Waals surface area (Å²) < 4.78 is 10.6. The summed E-state index contributed by atoms with van der Waals surface area (Å²) in [5, 5.41) is 0.982. The number of nitrogens with zero attached hydrogens (tertiary/aromatic N) is 4. The average Bonchev–Trinajstić information content (AvgIpc) is 3.26. The summed E-state index contributed by atoms with van der Waals surface area (Å²) in [5.41, 5.74) is 9.18. The van der Waals surface area contributed by atoms with Crippen molar-refractivity contribution in [2.75, 3.05) is 49.2 Å². The first kappa shape index (κ1) is 19.6. The lowest BCUT2D eigenvalue weighted by Crippen LogP contribution is -2.36. The zero-order chi connectivity index (χ0) is 21.2. The summed E-state index contributed by atoms with van der Waals surface area (Å²) in [6.45, 7) is 4.66. The fourth-order valence-electron chi connectivity index (χ4n) is 4.29. The monoisotopic (exact) mass is 419 g/mol. The smallest absolute Gasteiger partial charge is 0.404 e. The van der Waals surface area contributed by atoms with Gasteiger partial charge < -0.3 is 25.0 Å². The van der Waals surface area contributed by atoms with Gasteiger partial charge in [-0.05, 0) is 30.3 Å². The maximum absolute atomic E-state index is 11.1. The Kier molecular flexibility index (Phi) is 5.30. The molecule has 2 aromatic heterocycles. The fraction of sp³-hybridized carbons (Fsp3) is 0.348. The minimum absolute atomic E-state index is 0.220. The zero-order valence-corrected chi connectivity index (χ0v) is 17.2. The van der Waals surface area contributed by atoms with E-state index < -0.39 is 6.09 Å². The van der Waals surface area contributed by atoms with Crippen molar-refractivity contribution in [3.05, 3.63) is 48.7 Å². The maximum Gasteiger partial charge on any atom is 0.404 e. The summed E-state index contributed by atoms with van der Waals surface area (Å²) >= 11 is 0. The topological polar surface area (TPSA) is 93.8 Å². The van der Waals surface area contributed by atoms with Gasteiger partial charge in [0.1, 0.15) is 11.9 Å². The van der Waals surface area contributed by atoms with E-state index in [1.165, 1.54) is 5.69 Å². The Balaban J connectivity index is 1.46. The van der Waals surface area contributed by atoms with Gasteiger partial charge in [0.2, 0.25) is 0 Å². The van der Waals surface area contributed by atoms with Crippen molar-refractivity contribution in [1.29, 1.82) is 0 Å². The summed E-state index contributed by atoms with van der Waals surface area (Å²) in [6, 6.07) is 14.4. The van der Waals surface area contributed by atoms with Crippen LogP contribution in [0.1, 0.15) is 6.42 Å². The number of fused-ring (bicyclic) bond motifs is 1. The summed E-state index contributed by atoms with van der Waals surface area (Å²) in [6.07, 6.45) is 1.56. The first-order chi connectivity index (χ1) is 15.2. The van der Waals surface area contributed by atoms with Gasteiger partial charge in [-0.2, -0.15) is 0 Å². The largest absolute Gasteiger partial charge is 0.444 e. The van der Waals surface area contributed by atoms with E-state index in [1.807, 2.05) is 18.2 Å². The Labute approximate surface area is 180 Å². The van der Waals surface area contributed by atoms with Gasteiger partial charge in [0.15, 0.2) is 0 Å². The molecule has 0 bridgehead atoms. The van der Waals surface area contributed by atoms with Crippen LogP contribution < -0.4 is 15.5 Å². The van der Waals surface area contributed by atoms with Crippen molar-refractivity contribution in [1.82, 2.24) is 9.97 Å². The molecule has 4 heterocycles. The van der Waals surface area contributed by atoms with Crippen LogP contribution in [0.2, 0.25) is 0 Å². The van der Waals surface area contributed by atoms with E-state index in [4.69, 9.17) is 20.2 Å². The van der Waals surface area contributed by atoms with Crippen molar-refractivity contribution < 1.29 is 14.3 Å². The van der Waals surface area contributed by atoms with Crippen LogP contribution in [0.5, 0.6) is 0 Å². The van der Waals surface area contributed by atoms with Gasteiger partial charge in [-0.1, -0.05) is 12.1 Å². The normalized spacial score (nSPS) is 19.0. The van der Waals surface area contributed by atoms with Gasteiger partial charge >= 0.3 is 6.09 Å². The third-order valence-corrected chi connectivity index (χ3v) is 5.85. The number of pyridine rings is 2. The number of ether oxygens (including phenoxy) is 2. The Hall–Kier alpha value is -3.39. The predicted molar refractivity (Wildman–Crippen MR) is 119 cm³/mol. The number of amides is 1. The third kappa shape index (κ3) is 4.11. The molecular formula is C23H25N5O3. The number of benzene rings is 1. The molecule has 8 nitrogen and oxygen atoms in total. The van der Waals surface area contributed by atoms with Gasteiger partial charge in [0.25, 0.3) is 0 Å².